The minimum absolute atomic E-state index is 0.00143. The summed E-state index contributed by atoms with van der Waals surface area (Å²) in [5, 5.41) is 2.69. The van der Waals surface area contributed by atoms with E-state index < -0.39 is 5.82 Å². The molecular weight excluding hydrogens is 259 g/mol. The zero-order chi connectivity index (χ0) is 15.0. The summed E-state index contributed by atoms with van der Waals surface area (Å²) in [6.45, 7) is 5.10. The van der Waals surface area contributed by atoms with Gasteiger partial charge >= 0.3 is 0 Å². The third-order valence-corrected chi connectivity index (χ3v) is 2.98. The second-order valence-electron chi connectivity index (χ2n) is 4.63. The Hall–Kier alpha value is -1.91. The number of nitrogens with one attached hydrogen (secondary N) is 1. The molecule has 2 amide bonds. The molecule has 1 aromatic rings. The van der Waals surface area contributed by atoms with Gasteiger partial charge in [-0.15, -0.1) is 0 Å². The van der Waals surface area contributed by atoms with Gasteiger partial charge in [0.1, 0.15) is 5.82 Å². The van der Waals surface area contributed by atoms with Crippen molar-refractivity contribution in [2.45, 2.75) is 26.7 Å². The number of benzene rings is 1. The summed E-state index contributed by atoms with van der Waals surface area (Å²) in [5.74, 6) is -0.770. The standard InChI is InChI=1S/C15H21FN2O2/c1-3-4-9-18(12(2)19)10-8-17-15(20)13-6-5-7-14(16)11-13/h5-7,11H,3-4,8-10H2,1-2H3,(H,17,20). The van der Waals surface area contributed by atoms with Crippen LogP contribution in [0.4, 0.5) is 4.39 Å². The highest BCUT2D eigenvalue weighted by Gasteiger charge is 2.09. The van der Waals surface area contributed by atoms with Crippen molar-refractivity contribution in [1.82, 2.24) is 10.2 Å². The number of carbonyl (C=O) groups is 2. The Morgan fingerprint density at radius 2 is 2.05 bits per heavy atom. The van der Waals surface area contributed by atoms with Crippen molar-refractivity contribution in [3.63, 3.8) is 0 Å². The number of amides is 2. The van der Waals surface area contributed by atoms with Crippen LogP contribution in [-0.2, 0) is 4.79 Å². The predicted octanol–water partition coefficient (Wildman–Crippen LogP) is 2.20. The van der Waals surface area contributed by atoms with Gasteiger partial charge in [0.15, 0.2) is 0 Å². The lowest BCUT2D eigenvalue weighted by atomic mass is 10.2. The van der Waals surface area contributed by atoms with Gasteiger partial charge in [0.05, 0.1) is 0 Å². The van der Waals surface area contributed by atoms with Gasteiger partial charge in [-0.3, -0.25) is 9.59 Å². The molecule has 0 unspecified atom stereocenters. The molecule has 0 saturated carbocycles. The molecule has 0 heterocycles. The zero-order valence-electron chi connectivity index (χ0n) is 12.0. The van der Waals surface area contributed by atoms with Crippen LogP contribution in [0.15, 0.2) is 24.3 Å². The molecule has 0 aliphatic rings. The van der Waals surface area contributed by atoms with E-state index in [2.05, 4.69) is 12.2 Å². The normalized spacial score (nSPS) is 10.2. The van der Waals surface area contributed by atoms with Crippen molar-refractivity contribution in [3.05, 3.63) is 35.6 Å². The van der Waals surface area contributed by atoms with Crippen LogP contribution < -0.4 is 5.32 Å². The van der Waals surface area contributed by atoms with E-state index in [1.165, 1.54) is 25.1 Å². The second kappa shape index (κ2) is 8.30. The van der Waals surface area contributed by atoms with E-state index in [1.54, 1.807) is 11.0 Å². The van der Waals surface area contributed by atoms with E-state index >= 15 is 0 Å². The summed E-state index contributed by atoms with van der Waals surface area (Å²) >= 11 is 0. The topological polar surface area (TPSA) is 49.4 Å². The molecule has 0 bridgehead atoms. The van der Waals surface area contributed by atoms with E-state index in [4.69, 9.17) is 0 Å². The molecule has 1 rings (SSSR count). The lowest BCUT2D eigenvalue weighted by Crippen LogP contribution is -2.38. The van der Waals surface area contributed by atoms with Gasteiger partial charge < -0.3 is 10.2 Å². The Balaban J connectivity index is 2.42. The summed E-state index contributed by atoms with van der Waals surface area (Å²) in [6, 6.07) is 5.53. The monoisotopic (exact) mass is 280 g/mol. The van der Waals surface area contributed by atoms with Crippen molar-refractivity contribution in [2.75, 3.05) is 19.6 Å². The SMILES string of the molecule is CCCCN(CCNC(=O)c1cccc(F)c1)C(C)=O. The predicted molar refractivity (Wildman–Crippen MR) is 75.9 cm³/mol. The van der Waals surface area contributed by atoms with Crippen LogP contribution >= 0.6 is 0 Å². The average Bonchev–Trinajstić information content (AvgIpc) is 2.42. The average molecular weight is 280 g/mol. The van der Waals surface area contributed by atoms with E-state index in [9.17, 15) is 14.0 Å². The molecule has 20 heavy (non-hydrogen) atoms. The van der Waals surface area contributed by atoms with Gasteiger partial charge in [-0.1, -0.05) is 19.4 Å². The minimum Gasteiger partial charge on any atom is -0.350 e. The summed E-state index contributed by atoms with van der Waals surface area (Å²) in [5.41, 5.74) is 0.285. The third-order valence-electron chi connectivity index (χ3n) is 2.98. The van der Waals surface area contributed by atoms with Crippen molar-refractivity contribution in [2.24, 2.45) is 0 Å². The highest BCUT2D eigenvalue weighted by atomic mass is 19.1. The number of hydrogen-bond acceptors (Lipinski definition) is 2. The highest BCUT2D eigenvalue weighted by molar-refractivity contribution is 5.94. The fourth-order valence-electron chi connectivity index (χ4n) is 1.81. The molecular formula is C15H21FN2O2. The molecule has 0 spiro atoms. The first-order chi connectivity index (χ1) is 9.54. The molecule has 0 aromatic heterocycles. The maximum atomic E-state index is 13.0. The number of halogens is 1. The Bertz CT molecular complexity index is 463. The summed E-state index contributed by atoms with van der Waals surface area (Å²) < 4.78 is 13.0. The van der Waals surface area contributed by atoms with Gasteiger partial charge in [-0.05, 0) is 24.6 Å². The first-order valence-electron chi connectivity index (χ1n) is 6.84. The molecule has 0 fully saturated rings. The van der Waals surface area contributed by atoms with Gasteiger partial charge in [-0.2, -0.15) is 0 Å². The van der Waals surface area contributed by atoms with E-state index in [0.29, 0.717) is 19.6 Å². The largest absolute Gasteiger partial charge is 0.350 e. The molecule has 0 saturated heterocycles. The van der Waals surface area contributed by atoms with Crippen molar-refractivity contribution < 1.29 is 14.0 Å². The van der Waals surface area contributed by atoms with Gasteiger partial charge in [0.25, 0.3) is 5.91 Å². The first kappa shape index (κ1) is 16.1. The zero-order valence-corrected chi connectivity index (χ0v) is 12.0. The van der Waals surface area contributed by atoms with Crippen LogP contribution in [0.1, 0.15) is 37.0 Å². The number of nitrogens with zero attached hydrogens (tertiary/aromatic N) is 1. The molecule has 1 N–H and O–H groups in total. The smallest absolute Gasteiger partial charge is 0.251 e. The summed E-state index contributed by atoms with van der Waals surface area (Å²) in [4.78, 5) is 24.9. The molecule has 0 radical (unpaired) electrons. The Labute approximate surface area is 119 Å². The molecule has 0 aliphatic heterocycles. The highest BCUT2D eigenvalue weighted by Crippen LogP contribution is 2.03. The van der Waals surface area contributed by atoms with Crippen LogP contribution in [0.5, 0.6) is 0 Å². The number of hydrogen-bond donors (Lipinski definition) is 1. The van der Waals surface area contributed by atoms with E-state index in [1.807, 2.05) is 0 Å². The lowest BCUT2D eigenvalue weighted by Gasteiger charge is -2.20. The number of unbranched alkanes of at least 4 members (excludes halogenated alkanes) is 1. The van der Waals surface area contributed by atoms with E-state index in [0.717, 1.165) is 12.8 Å². The van der Waals surface area contributed by atoms with Crippen LogP contribution in [-0.4, -0.2) is 36.3 Å². The van der Waals surface area contributed by atoms with Gasteiger partial charge in [0, 0.05) is 32.1 Å². The third kappa shape index (κ3) is 5.38. The maximum Gasteiger partial charge on any atom is 0.251 e. The van der Waals surface area contributed by atoms with Crippen LogP contribution in [0.3, 0.4) is 0 Å². The van der Waals surface area contributed by atoms with Crippen molar-refractivity contribution in [3.8, 4) is 0 Å². The fourth-order valence-corrected chi connectivity index (χ4v) is 1.81. The molecule has 110 valence electrons. The molecule has 0 atom stereocenters. The molecule has 0 aliphatic carbocycles. The van der Waals surface area contributed by atoms with Crippen molar-refractivity contribution >= 4 is 11.8 Å². The maximum absolute atomic E-state index is 13.0. The summed E-state index contributed by atoms with van der Waals surface area (Å²) in [6.07, 6.45) is 1.96. The van der Waals surface area contributed by atoms with Crippen LogP contribution in [0.25, 0.3) is 0 Å². The Morgan fingerprint density at radius 3 is 2.65 bits per heavy atom. The number of rotatable bonds is 7. The summed E-state index contributed by atoms with van der Waals surface area (Å²) in [7, 11) is 0. The lowest BCUT2D eigenvalue weighted by molar-refractivity contribution is -0.128. The molecule has 4 nitrogen and oxygen atoms in total. The minimum atomic E-state index is -0.439. The van der Waals surface area contributed by atoms with Gasteiger partial charge in [-0.25, -0.2) is 4.39 Å². The quantitative estimate of drug-likeness (QED) is 0.832. The molecule has 5 heteroatoms. The number of carbonyl (C=O) groups excluding carboxylic acids is 2. The van der Waals surface area contributed by atoms with Gasteiger partial charge in [0.2, 0.25) is 5.91 Å². The molecule has 1 aromatic carbocycles. The first-order valence-corrected chi connectivity index (χ1v) is 6.84. The second-order valence-corrected chi connectivity index (χ2v) is 4.63. The van der Waals surface area contributed by atoms with Crippen LogP contribution in [0.2, 0.25) is 0 Å². The Morgan fingerprint density at radius 1 is 1.30 bits per heavy atom. The Kier molecular flexibility index (Phi) is 6.70. The van der Waals surface area contributed by atoms with Crippen molar-refractivity contribution in [1.29, 1.82) is 0 Å². The van der Waals surface area contributed by atoms with E-state index in [-0.39, 0.29) is 17.4 Å². The van der Waals surface area contributed by atoms with Crippen LogP contribution in [0, 0.1) is 5.82 Å². The fraction of sp³-hybridized carbons (Fsp3) is 0.467.